The van der Waals surface area contributed by atoms with Crippen molar-refractivity contribution >= 4 is 56.1 Å². The molecule has 8 heteroatoms. The molecule has 1 aliphatic rings. The number of H-pyrrole nitrogens is 1. The molecule has 0 spiro atoms. The third-order valence-electron chi connectivity index (χ3n) is 5.39. The Morgan fingerprint density at radius 3 is 2.94 bits per heavy atom. The Labute approximate surface area is 180 Å². The molecule has 0 bridgehead atoms. The van der Waals surface area contributed by atoms with E-state index in [0.29, 0.717) is 29.0 Å². The molecule has 0 unspecified atom stereocenters. The van der Waals surface area contributed by atoms with Crippen molar-refractivity contribution in [3.8, 4) is 16.5 Å². The number of nitrogens with zero attached hydrogens (tertiary/aromatic N) is 4. The quantitative estimate of drug-likeness (QED) is 0.380. The van der Waals surface area contributed by atoms with Gasteiger partial charge in [-0.15, -0.1) is 11.3 Å². The minimum Gasteiger partial charge on any atom is -0.368 e. The number of aromatic amines is 1. The summed E-state index contributed by atoms with van der Waals surface area (Å²) in [7, 11) is 0. The second-order valence-electron chi connectivity index (χ2n) is 7.30. The zero-order valence-electron chi connectivity index (χ0n) is 16.2. The molecule has 0 aliphatic carbocycles. The Hall–Kier alpha value is -4.22. The SMILES string of the molecule is N#Cc1c[nH]c2nc(N)nc(Nc3cc4c(c(-c5cc6ccccc6s5)c3)CN=C4)c12. The van der Waals surface area contributed by atoms with Gasteiger partial charge in [-0.25, -0.2) is 0 Å². The minimum absolute atomic E-state index is 0.133. The first-order chi connectivity index (χ1) is 15.2. The number of hydrogen-bond donors (Lipinski definition) is 3. The summed E-state index contributed by atoms with van der Waals surface area (Å²) < 4.78 is 1.25. The molecule has 0 saturated carbocycles. The van der Waals surface area contributed by atoms with Crippen molar-refractivity contribution in [2.75, 3.05) is 11.1 Å². The molecule has 0 atom stereocenters. The van der Waals surface area contributed by atoms with Crippen LogP contribution in [0.15, 0.2) is 53.7 Å². The molecule has 2 aromatic carbocycles. The first-order valence-electron chi connectivity index (χ1n) is 9.67. The summed E-state index contributed by atoms with van der Waals surface area (Å²) in [5.74, 6) is 0.631. The summed E-state index contributed by atoms with van der Waals surface area (Å²) in [5, 5.41) is 14.7. The van der Waals surface area contributed by atoms with Gasteiger partial charge in [-0.3, -0.25) is 4.99 Å². The number of thiophene rings is 1. The molecule has 1 aliphatic heterocycles. The molecule has 5 aromatic rings. The van der Waals surface area contributed by atoms with Crippen molar-refractivity contribution in [3.05, 3.63) is 65.4 Å². The van der Waals surface area contributed by atoms with Crippen LogP contribution in [0.2, 0.25) is 0 Å². The van der Waals surface area contributed by atoms with E-state index in [9.17, 15) is 5.26 Å². The van der Waals surface area contributed by atoms with E-state index in [1.165, 1.54) is 20.5 Å². The molecule has 6 rings (SSSR count). The van der Waals surface area contributed by atoms with E-state index in [0.717, 1.165) is 16.8 Å². The summed E-state index contributed by atoms with van der Waals surface area (Å²) in [6.07, 6.45) is 3.51. The van der Waals surface area contributed by atoms with Crippen molar-refractivity contribution in [2.24, 2.45) is 4.99 Å². The topological polar surface area (TPSA) is 116 Å². The first-order valence-corrected chi connectivity index (χ1v) is 10.5. The maximum Gasteiger partial charge on any atom is 0.224 e. The number of anilines is 3. The summed E-state index contributed by atoms with van der Waals surface area (Å²) in [5.41, 5.74) is 11.2. The second-order valence-corrected chi connectivity index (χ2v) is 8.39. The predicted octanol–water partition coefficient (Wildman–Crippen LogP) is 4.97. The molecule has 148 valence electrons. The number of nitriles is 1. The molecule has 3 aromatic heterocycles. The van der Waals surface area contributed by atoms with Crippen molar-refractivity contribution < 1.29 is 0 Å². The molecule has 0 amide bonds. The van der Waals surface area contributed by atoms with E-state index in [1.54, 1.807) is 17.5 Å². The highest BCUT2D eigenvalue weighted by Crippen LogP contribution is 2.40. The van der Waals surface area contributed by atoms with Gasteiger partial charge in [-0.05, 0) is 40.8 Å². The van der Waals surface area contributed by atoms with E-state index in [1.807, 2.05) is 12.3 Å². The highest BCUT2D eigenvalue weighted by Gasteiger charge is 2.18. The fraction of sp³-hybridized carbons (Fsp3) is 0.0435. The molecule has 31 heavy (non-hydrogen) atoms. The Bertz CT molecular complexity index is 1540. The third kappa shape index (κ3) is 2.83. The Morgan fingerprint density at radius 1 is 1.16 bits per heavy atom. The minimum atomic E-state index is 0.133. The molecule has 4 heterocycles. The van der Waals surface area contributed by atoms with E-state index in [-0.39, 0.29) is 5.95 Å². The van der Waals surface area contributed by atoms with Gasteiger partial charge in [0.2, 0.25) is 5.95 Å². The van der Waals surface area contributed by atoms with Gasteiger partial charge in [0.05, 0.1) is 17.5 Å². The van der Waals surface area contributed by atoms with Gasteiger partial charge in [-0.1, -0.05) is 18.2 Å². The number of aromatic nitrogens is 3. The van der Waals surface area contributed by atoms with E-state index in [2.05, 4.69) is 67.7 Å². The first kappa shape index (κ1) is 17.6. The van der Waals surface area contributed by atoms with Gasteiger partial charge in [0.15, 0.2) is 0 Å². The fourth-order valence-corrected chi connectivity index (χ4v) is 5.10. The standard InChI is InChI=1S/C23H15N7S/c24-8-14-10-27-21-20(14)22(30-23(25)29-21)28-15-5-13-9-26-11-17(13)16(7-15)19-6-12-3-1-2-4-18(12)31-19/h1-7,9-10H,11H2,(H4,25,27,28,29,30). The van der Waals surface area contributed by atoms with Crippen LogP contribution in [-0.2, 0) is 6.54 Å². The lowest BCUT2D eigenvalue weighted by Crippen LogP contribution is -2.02. The number of nitrogens with two attached hydrogens (primary N) is 1. The Morgan fingerprint density at radius 2 is 2.06 bits per heavy atom. The smallest absolute Gasteiger partial charge is 0.224 e. The molecular formula is C23H15N7S. The van der Waals surface area contributed by atoms with E-state index >= 15 is 0 Å². The second kappa shape index (κ2) is 6.65. The van der Waals surface area contributed by atoms with Gasteiger partial charge in [0, 0.05) is 33.2 Å². The average Bonchev–Trinajstić information content (AvgIpc) is 3.50. The summed E-state index contributed by atoms with van der Waals surface area (Å²) in [6, 6.07) is 16.9. The van der Waals surface area contributed by atoms with Crippen LogP contribution in [0.3, 0.4) is 0 Å². The average molecular weight is 421 g/mol. The molecule has 0 radical (unpaired) electrons. The number of hydrogen-bond acceptors (Lipinski definition) is 7. The molecule has 0 saturated heterocycles. The van der Waals surface area contributed by atoms with Crippen LogP contribution in [0.1, 0.15) is 16.7 Å². The van der Waals surface area contributed by atoms with Crippen molar-refractivity contribution in [1.29, 1.82) is 5.26 Å². The van der Waals surface area contributed by atoms with Crippen molar-refractivity contribution in [1.82, 2.24) is 15.0 Å². The van der Waals surface area contributed by atoms with Gasteiger partial charge < -0.3 is 16.0 Å². The van der Waals surface area contributed by atoms with E-state index < -0.39 is 0 Å². The largest absolute Gasteiger partial charge is 0.368 e. The molecule has 4 N–H and O–H groups in total. The summed E-state index contributed by atoms with van der Waals surface area (Å²) in [4.78, 5) is 17.2. The van der Waals surface area contributed by atoms with Crippen LogP contribution in [0.4, 0.5) is 17.5 Å². The molecule has 0 fully saturated rings. The van der Waals surface area contributed by atoms with Gasteiger partial charge in [0.25, 0.3) is 0 Å². The monoisotopic (exact) mass is 421 g/mol. The highest BCUT2D eigenvalue weighted by molar-refractivity contribution is 7.22. The lowest BCUT2D eigenvalue weighted by molar-refractivity contribution is 1.11. The maximum absolute atomic E-state index is 9.47. The van der Waals surface area contributed by atoms with Gasteiger partial charge in [0.1, 0.15) is 17.5 Å². The normalized spacial score (nSPS) is 12.4. The Balaban J connectivity index is 1.51. The molecule has 7 nitrogen and oxygen atoms in total. The van der Waals surface area contributed by atoms with Crippen LogP contribution in [0, 0.1) is 11.3 Å². The van der Waals surface area contributed by atoms with Crippen LogP contribution >= 0.6 is 11.3 Å². The van der Waals surface area contributed by atoms with E-state index in [4.69, 9.17) is 5.73 Å². The van der Waals surface area contributed by atoms with Crippen LogP contribution < -0.4 is 11.1 Å². The fourth-order valence-electron chi connectivity index (χ4n) is 3.99. The van der Waals surface area contributed by atoms with Gasteiger partial charge >= 0.3 is 0 Å². The number of aliphatic imine (C=N–C) groups is 1. The lowest BCUT2D eigenvalue weighted by Gasteiger charge is -2.13. The number of rotatable bonds is 3. The van der Waals surface area contributed by atoms with Crippen LogP contribution in [0.5, 0.6) is 0 Å². The Kier molecular flexibility index (Phi) is 3.78. The van der Waals surface area contributed by atoms with Crippen molar-refractivity contribution in [3.63, 3.8) is 0 Å². The predicted molar refractivity (Wildman–Crippen MR) is 125 cm³/mol. The van der Waals surface area contributed by atoms with Crippen molar-refractivity contribution in [2.45, 2.75) is 6.54 Å². The highest BCUT2D eigenvalue weighted by atomic mass is 32.1. The van der Waals surface area contributed by atoms with Gasteiger partial charge in [-0.2, -0.15) is 15.2 Å². The zero-order valence-corrected chi connectivity index (χ0v) is 17.0. The number of nitrogens with one attached hydrogen (secondary N) is 2. The maximum atomic E-state index is 9.47. The zero-order chi connectivity index (χ0) is 20.9. The van der Waals surface area contributed by atoms with Crippen LogP contribution in [0.25, 0.3) is 31.6 Å². The van der Waals surface area contributed by atoms with Crippen LogP contribution in [-0.4, -0.2) is 21.2 Å². The summed E-state index contributed by atoms with van der Waals surface area (Å²) in [6.45, 7) is 0.667. The number of nitrogen functional groups attached to an aromatic ring is 1. The number of benzene rings is 2. The third-order valence-corrected chi connectivity index (χ3v) is 6.54. The lowest BCUT2D eigenvalue weighted by atomic mass is 10.00. The number of fused-ring (bicyclic) bond motifs is 3. The summed E-state index contributed by atoms with van der Waals surface area (Å²) >= 11 is 1.77. The molecular weight excluding hydrogens is 406 g/mol.